The average molecular weight is 190 g/mol. The maximum absolute atomic E-state index is 11.2. The molecule has 1 aliphatic rings. The molecule has 0 bridgehead atoms. The number of ketones is 1. The Labute approximate surface area is 81.7 Å². The molecule has 0 N–H and O–H groups in total. The number of ether oxygens (including phenoxy) is 1. The number of rotatable bonds is 1. The molecular formula is C11H10O3. The molecule has 0 amide bonds. The van der Waals surface area contributed by atoms with Crippen LogP contribution < -0.4 is 0 Å². The van der Waals surface area contributed by atoms with Crippen molar-refractivity contribution in [2.75, 3.05) is 0 Å². The van der Waals surface area contributed by atoms with Crippen LogP contribution in [0.1, 0.15) is 24.5 Å². The largest absolute Gasteiger partial charge is 0.457 e. The van der Waals surface area contributed by atoms with Crippen molar-refractivity contribution in [2.45, 2.75) is 18.9 Å². The molecule has 72 valence electrons. The van der Waals surface area contributed by atoms with E-state index in [0.717, 1.165) is 5.56 Å². The highest BCUT2D eigenvalue weighted by Gasteiger charge is 2.27. The van der Waals surface area contributed by atoms with E-state index >= 15 is 0 Å². The smallest absolute Gasteiger partial charge is 0.313 e. The van der Waals surface area contributed by atoms with E-state index in [-0.39, 0.29) is 18.3 Å². The lowest BCUT2D eigenvalue weighted by atomic mass is 10.0. The fourth-order valence-electron chi connectivity index (χ4n) is 1.54. The fourth-order valence-corrected chi connectivity index (χ4v) is 1.54. The minimum absolute atomic E-state index is 0.0462. The third-order valence-electron chi connectivity index (χ3n) is 2.20. The van der Waals surface area contributed by atoms with Gasteiger partial charge in [-0.15, -0.1) is 0 Å². The van der Waals surface area contributed by atoms with E-state index in [4.69, 9.17) is 4.74 Å². The lowest BCUT2D eigenvalue weighted by Crippen LogP contribution is -2.23. The van der Waals surface area contributed by atoms with Gasteiger partial charge in [-0.25, -0.2) is 0 Å². The molecule has 0 saturated carbocycles. The minimum Gasteiger partial charge on any atom is -0.457 e. The second-order valence-electron chi connectivity index (χ2n) is 3.31. The summed E-state index contributed by atoms with van der Waals surface area (Å²) in [5, 5.41) is 0. The minimum atomic E-state index is -0.421. The molecule has 0 aromatic heterocycles. The SMILES string of the molecule is O=C1CC(=O)O[C@H](c2ccccc2)C1. The molecule has 0 unspecified atom stereocenters. The maximum atomic E-state index is 11.2. The standard InChI is InChI=1S/C11H10O3/c12-9-6-10(14-11(13)7-9)8-4-2-1-3-5-8/h1-5,10H,6-7H2/t10-/m0/s1. The second kappa shape index (κ2) is 3.62. The van der Waals surface area contributed by atoms with Gasteiger partial charge in [-0.1, -0.05) is 30.3 Å². The highest BCUT2D eigenvalue weighted by molar-refractivity contribution is 5.97. The van der Waals surface area contributed by atoms with Gasteiger partial charge in [0.25, 0.3) is 0 Å². The zero-order valence-electron chi connectivity index (χ0n) is 7.60. The Bertz CT molecular complexity index is 340. The number of Topliss-reactive ketones (excluding diaryl/α,β-unsaturated/α-hetero) is 1. The van der Waals surface area contributed by atoms with Gasteiger partial charge in [-0.2, -0.15) is 0 Å². The summed E-state index contributed by atoms with van der Waals surface area (Å²) in [6.07, 6.45) is -0.163. The van der Waals surface area contributed by atoms with Gasteiger partial charge in [0.1, 0.15) is 18.3 Å². The summed E-state index contributed by atoms with van der Waals surface area (Å²) in [7, 11) is 0. The van der Waals surface area contributed by atoms with Gasteiger partial charge in [0, 0.05) is 6.42 Å². The Morgan fingerprint density at radius 2 is 1.86 bits per heavy atom. The average Bonchev–Trinajstić information content (AvgIpc) is 2.18. The van der Waals surface area contributed by atoms with Crippen LogP contribution in [0.5, 0.6) is 0 Å². The summed E-state index contributed by atoms with van der Waals surface area (Å²) in [6, 6.07) is 9.33. The fraction of sp³-hybridized carbons (Fsp3) is 0.273. The molecule has 3 heteroatoms. The Hall–Kier alpha value is -1.64. The maximum Gasteiger partial charge on any atom is 0.313 e. The Morgan fingerprint density at radius 3 is 2.50 bits per heavy atom. The third-order valence-corrected chi connectivity index (χ3v) is 2.20. The van der Waals surface area contributed by atoms with Gasteiger partial charge in [-0.05, 0) is 5.56 Å². The normalized spacial score (nSPS) is 21.9. The zero-order valence-corrected chi connectivity index (χ0v) is 7.60. The summed E-state index contributed by atoms with van der Waals surface area (Å²) in [6.45, 7) is 0. The molecular weight excluding hydrogens is 180 g/mol. The lowest BCUT2D eigenvalue weighted by molar-refractivity contribution is -0.158. The van der Waals surface area contributed by atoms with E-state index in [2.05, 4.69) is 0 Å². The number of esters is 1. The number of hydrogen-bond donors (Lipinski definition) is 0. The van der Waals surface area contributed by atoms with E-state index in [1.165, 1.54) is 0 Å². The predicted octanol–water partition coefficient (Wildman–Crippen LogP) is 1.63. The van der Waals surface area contributed by atoms with Gasteiger partial charge in [0.2, 0.25) is 0 Å². The molecule has 14 heavy (non-hydrogen) atoms. The second-order valence-corrected chi connectivity index (χ2v) is 3.31. The highest BCUT2D eigenvalue weighted by atomic mass is 16.5. The van der Waals surface area contributed by atoms with Crippen molar-refractivity contribution in [3.63, 3.8) is 0 Å². The third kappa shape index (κ3) is 1.82. The summed E-state index contributed by atoms with van der Waals surface area (Å²) < 4.78 is 5.08. The zero-order chi connectivity index (χ0) is 9.97. The van der Waals surface area contributed by atoms with Crippen LogP contribution in [0.2, 0.25) is 0 Å². The molecule has 1 atom stereocenters. The first-order valence-electron chi connectivity index (χ1n) is 4.52. The van der Waals surface area contributed by atoms with Crippen molar-refractivity contribution in [1.29, 1.82) is 0 Å². The molecule has 1 aliphatic heterocycles. The molecule has 0 aliphatic carbocycles. The topological polar surface area (TPSA) is 43.4 Å². The first kappa shape index (κ1) is 8.94. The molecule has 1 aromatic carbocycles. The van der Waals surface area contributed by atoms with Gasteiger partial charge in [0.05, 0.1) is 0 Å². The van der Waals surface area contributed by atoms with Gasteiger partial charge in [0.15, 0.2) is 0 Å². The summed E-state index contributed by atoms with van der Waals surface area (Å²) in [5.74, 6) is -0.467. The van der Waals surface area contributed by atoms with E-state index < -0.39 is 5.97 Å². The van der Waals surface area contributed by atoms with Crippen LogP contribution in [0.4, 0.5) is 0 Å². The molecule has 0 spiro atoms. The number of carbonyl (C=O) groups excluding carboxylic acids is 2. The Balaban J connectivity index is 2.19. The van der Waals surface area contributed by atoms with Crippen LogP contribution in [0, 0.1) is 0 Å². The van der Waals surface area contributed by atoms with Crippen LogP contribution in [0.3, 0.4) is 0 Å². The van der Waals surface area contributed by atoms with Crippen molar-refractivity contribution >= 4 is 11.8 Å². The van der Waals surface area contributed by atoms with Crippen LogP contribution in [0.15, 0.2) is 30.3 Å². The molecule has 1 heterocycles. The number of hydrogen-bond acceptors (Lipinski definition) is 3. The van der Waals surface area contributed by atoms with Crippen molar-refractivity contribution in [3.05, 3.63) is 35.9 Å². The molecule has 1 aromatic rings. The number of carbonyl (C=O) groups is 2. The number of cyclic esters (lactones) is 1. The Kier molecular flexibility index (Phi) is 2.31. The van der Waals surface area contributed by atoms with E-state index in [1.54, 1.807) is 0 Å². The monoisotopic (exact) mass is 190 g/mol. The molecule has 1 fully saturated rings. The first-order valence-corrected chi connectivity index (χ1v) is 4.52. The van der Waals surface area contributed by atoms with Crippen LogP contribution >= 0.6 is 0 Å². The van der Waals surface area contributed by atoms with Crippen LogP contribution in [0.25, 0.3) is 0 Å². The molecule has 1 saturated heterocycles. The molecule has 0 radical (unpaired) electrons. The van der Waals surface area contributed by atoms with E-state index in [9.17, 15) is 9.59 Å². The first-order chi connectivity index (χ1) is 6.75. The van der Waals surface area contributed by atoms with E-state index in [1.807, 2.05) is 30.3 Å². The summed E-state index contributed by atoms with van der Waals surface area (Å²) in [4.78, 5) is 22.2. The summed E-state index contributed by atoms with van der Waals surface area (Å²) >= 11 is 0. The van der Waals surface area contributed by atoms with Gasteiger partial charge < -0.3 is 4.74 Å². The molecule has 3 nitrogen and oxygen atoms in total. The van der Waals surface area contributed by atoms with Crippen molar-refractivity contribution < 1.29 is 14.3 Å². The number of benzene rings is 1. The Morgan fingerprint density at radius 1 is 1.14 bits per heavy atom. The van der Waals surface area contributed by atoms with E-state index in [0.29, 0.717) is 6.42 Å². The highest BCUT2D eigenvalue weighted by Crippen LogP contribution is 2.26. The van der Waals surface area contributed by atoms with Crippen molar-refractivity contribution in [2.24, 2.45) is 0 Å². The van der Waals surface area contributed by atoms with Gasteiger partial charge in [-0.3, -0.25) is 9.59 Å². The van der Waals surface area contributed by atoms with Crippen LogP contribution in [-0.2, 0) is 14.3 Å². The van der Waals surface area contributed by atoms with Crippen LogP contribution in [-0.4, -0.2) is 11.8 Å². The van der Waals surface area contributed by atoms with Gasteiger partial charge >= 0.3 is 5.97 Å². The van der Waals surface area contributed by atoms with Crippen molar-refractivity contribution in [1.82, 2.24) is 0 Å². The lowest BCUT2D eigenvalue weighted by Gasteiger charge is -2.21. The van der Waals surface area contributed by atoms with Crippen molar-refractivity contribution in [3.8, 4) is 0 Å². The quantitative estimate of drug-likeness (QED) is 0.499. The summed E-state index contributed by atoms with van der Waals surface area (Å²) in [5.41, 5.74) is 0.883. The molecule has 2 rings (SSSR count). The predicted molar refractivity (Wildman–Crippen MR) is 49.5 cm³/mol.